The van der Waals surface area contributed by atoms with Gasteiger partial charge in [-0.05, 0) is 38.9 Å². The van der Waals surface area contributed by atoms with Gasteiger partial charge in [0.2, 0.25) is 5.91 Å². The summed E-state index contributed by atoms with van der Waals surface area (Å²) in [5, 5.41) is 6.60. The number of amides is 1. The Morgan fingerprint density at radius 2 is 2.00 bits per heavy atom. The van der Waals surface area contributed by atoms with Crippen LogP contribution in [0.2, 0.25) is 0 Å². The number of nitrogens with one attached hydrogen (secondary N) is 2. The number of likely N-dealkylation sites (tertiary alicyclic amines) is 1. The summed E-state index contributed by atoms with van der Waals surface area (Å²) >= 11 is 0. The maximum absolute atomic E-state index is 12.3. The first-order chi connectivity index (χ1) is 7.72. The first-order valence-electron chi connectivity index (χ1n) is 6.39. The SMILES string of the molecule is CNC1CN(C(=O)C2CCNCC2)CC1C. The molecule has 0 aromatic carbocycles. The highest BCUT2D eigenvalue weighted by atomic mass is 16.2. The van der Waals surface area contributed by atoms with Crippen LogP contribution < -0.4 is 10.6 Å². The molecular weight excluding hydrogens is 202 g/mol. The van der Waals surface area contributed by atoms with E-state index in [0.717, 1.165) is 39.0 Å². The van der Waals surface area contributed by atoms with Crippen LogP contribution in [-0.2, 0) is 4.79 Å². The number of likely N-dealkylation sites (N-methyl/N-ethyl adjacent to an activating group) is 1. The molecule has 2 fully saturated rings. The van der Waals surface area contributed by atoms with Crippen molar-refractivity contribution < 1.29 is 4.79 Å². The molecule has 92 valence electrons. The Balaban J connectivity index is 1.90. The van der Waals surface area contributed by atoms with Gasteiger partial charge in [0.1, 0.15) is 0 Å². The van der Waals surface area contributed by atoms with Crippen LogP contribution in [0, 0.1) is 11.8 Å². The van der Waals surface area contributed by atoms with E-state index in [0.29, 0.717) is 17.9 Å². The maximum atomic E-state index is 12.3. The predicted octanol–water partition coefficient (Wildman–Crippen LogP) is 0.0523. The predicted molar refractivity (Wildman–Crippen MR) is 64.2 cm³/mol. The van der Waals surface area contributed by atoms with Gasteiger partial charge < -0.3 is 15.5 Å². The minimum Gasteiger partial charge on any atom is -0.341 e. The summed E-state index contributed by atoms with van der Waals surface area (Å²) in [6.07, 6.45) is 2.02. The van der Waals surface area contributed by atoms with Gasteiger partial charge in [0.25, 0.3) is 0 Å². The van der Waals surface area contributed by atoms with Gasteiger partial charge in [-0.25, -0.2) is 0 Å². The summed E-state index contributed by atoms with van der Waals surface area (Å²) in [6.45, 7) is 6.02. The summed E-state index contributed by atoms with van der Waals surface area (Å²) < 4.78 is 0. The second kappa shape index (κ2) is 5.15. The van der Waals surface area contributed by atoms with Crippen LogP contribution in [0.15, 0.2) is 0 Å². The number of hydrogen-bond acceptors (Lipinski definition) is 3. The molecule has 2 N–H and O–H groups in total. The zero-order chi connectivity index (χ0) is 11.5. The van der Waals surface area contributed by atoms with Crippen molar-refractivity contribution in [2.75, 3.05) is 33.2 Å². The summed E-state index contributed by atoms with van der Waals surface area (Å²) in [4.78, 5) is 14.3. The van der Waals surface area contributed by atoms with E-state index >= 15 is 0 Å². The molecule has 16 heavy (non-hydrogen) atoms. The zero-order valence-electron chi connectivity index (χ0n) is 10.3. The third-order valence-electron chi connectivity index (χ3n) is 3.98. The van der Waals surface area contributed by atoms with E-state index in [2.05, 4.69) is 22.5 Å². The van der Waals surface area contributed by atoms with Crippen molar-refractivity contribution in [2.24, 2.45) is 11.8 Å². The zero-order valence-corrected chi connectivity index (χ0v) is 10.3. The molecule has 0 spiro atoms. The lowest BCUT2D eigenvalue weighted by molar-refractivity contribution is -0.135. The number of hydrogen-bond donors (Lipinski definition) is 2. The molecule has 2 rings (SSSR count). The lowest BCUT2D eigenvalue weighted by Gasteiger charge is -2.26. The molecule has 2 aliphatic rings. The Hall–Kier alpha value is -0.610. The second-order valence-electron chi connectivity index (χ2n) is 5.14. The molecule has 4 heteroatoms. The molecule has 1 amide bonds. The smallest absolute Gasteiger partial charge is 0.225 e. The number of piperidine rings is 1. The van der Waals surface area contributed by atoms with Gasteiger partial charge in [0.15, 0.2) is 0 Å². The fraction of sp³-hybridized carbons (Fsp3) is 0.917. The van der Waals surface area contributed by atoms with Crippen molar-refractivity contribution in [1.29, 1.82) is 0 Å². The van der Waals surface area contributed by atoms with Gasteiger partial charge in [-0.1, -0.05) is 6.92 Å². The molecule has 2 saturated heterocycles. The van der Waals surface area contributed by atoms with Gasteiger partial charge in [0, 0.05) is 25.0 Å². The topological polar surface area (TPSA) is 44.4 Å². The first-order valence-corrected chi connectivity index (χ1v) is 6.39. The second-order valence-corrected chi connectivity index (χ2v) is 5.14. The van der Waals surface area contributed by atoms with Crippen molar-refractivity contribution >= 4 is 5.91 Å². The molecule has 2 unspecified atom stereocenters. The highest BCUT2D eigenvalue weighted by Gasteiger charge is 2.34. The highest BCUT2D eigenvalue weighted by Crippen LogP contribution is 2.21. The van der Waals surface area contributed by atoms with Gasteiger partial charge in [-0.3, -0.25) is 4.79 Å². The molecule has 2 atom stereocenters. The molecule has 0 aromatic heterocycles. The minimum atomic E-state index is 0.268. The van der Waals surface area contributed by atoms with Gasteiger partial charge >= 0.3 is 0 Å². The molecule has 0 radical (unpaired) electrons. The fourth-order valence-electron chi connectivity index (χ4n) is 2.85. The largest absolute Gasteiger partial charge is 0.341 e. The van der Waals surface area contributed by atoms with Crippen molar-refractivity contribution in [3.8, 4) is 0 Å². The monoisotopic (exact) mass is 225 g/mol. The van der Waals surface area contributed by atoms with Gasteiger partial charge in [-0.2, -0.15) is 0 Å². The van der Waals surface area contributed by atoms with Crippen molar-refractivity contribution in [2.45, 2.75) is 25.8 Å². The fourth-order valence-corrected chi connectivity index (χ4v) is 2.85. The molecular formula is C12H23N3O. The van der Waals surface area contributed by atoms with E-state index < -0.39 is 0 Å². The lowest BCUT2D eigenvalue weighted by Crippen LogP contribution is -2.41. The van der Waals surface area contributed by atoms with E-state index in [-0.39, 0.29) is 5.92 Å². The Morgan fingerprint density at radius 1 is 1.31 bits per heavy atom. The van der Waals surface area contributed by atoms with Crippen LogP contribution in [0.1, 0.15) is 19.8 Å². The van der Waals surface area contributed by atoms with Crippen molar-refractivity contribution in [3.63, 3.8) is 0 Å². The molecule has 2 aliphatic heterocycles. The van der Waals surface area contributed by atoms with E-state index in [1.165, 1.54) is 0 Å². The Labute approximate surface area is 97.8 Å². The van der Waals surface area contributed by atoms with E-state index in [1.807, 2.05) is 7.05 Å². The highest BCUT2D eigenvalue weighted by molar-refractivity contribution is 5.79. The summed E-state index contributed by atoms with van der Waals surface area (Å²) in [5.41, 5.74) is 0. The van der Waals surface area contributed by atoms with Crippen LogP contribution in [0.3, 0.4) is 0 Å². The molecule has 0 bridgehead atoms. The molecule has 4 nitrogen and oxygen atoms in total. The van der Waals surface area contributed by atoms with Gasteiger partial charge in [-0.15, -0.1) is 0 Å². The van der Waals surface area contributed by atoms with E-state index in [9.17, 15) is 4.79 Å². The standard InChI is InChI=1S/C12H23N3O/c1-9-7-15(8-11(9)13-2)12(16)10-3-5-14-6-4-10/h9-11,13-14H,3-8H2,1-2H3. The average Bonchev–Trinajstić information content (AvgIpc) is 2.71. The first kappa shape index (κ1) is 11.9. The molecule has 0 aliphatic carbocycles. The van der Waals surface area contributed by atoms with Crippen LogP contribution >= 0.6 is 0 Å². The molecule has 0 saturated carbocycles. The maximum Gasteiger partial charge on any atom is 0.225 e. The Bertz CT molecular complexity index is 251. The van der Waals surface area contributed by atoms with E-state index in [4.69, 9.17) is 0 Å². The van der Waals surface area contributed by atoms with Crippen LogP contribution in [0.4, 0.5) is 0 Å². The van der Waals surface area contributed by atoms with Crippen LogP contribution in [0.5, 0.6) is 0 Å². The van der Waals surface area contributed by atoms with Crippen molar-refractivity contribution in [1.82, 2.24) is 15.5 Å². The average molecular weight is 225 g/mol. The quantitative estimate of drug-likeness (QED) is 0.698. The molecule has 0 aromatic rings. The third kappa shape index (κ3) is 2.38. The number of rotatable bonds is 2. The Morgan fingerprint density at radius 3 is 2.56 bits per heavy atom. The van der Waals surface area contributed by atoms with Crippen LogP contribution in [-0.4, -0.2) is 50.1 Å². The van der Waals surface area contributed by atoms with E-state index in [1.54, 1.807) is 0 Å². The summed E-state index contributed by atoms with van der Waals surface area (Å²) in [6, 6.07) is 0.477. The third-order valence-corrected chi connectivity index (χ3v) is 3.98. The van der Waals surface area contributed by atoms with Crippen molar-refractivity contribution in [3.05, 3.63) is 0 Å². The number of carbonyl (C=O) groups excluding carboxylic acids is 1. The molecule has 2 heterocycles. The summed E-state index contributed by atoms with van der Waals surface area (Å²) in [5.74, 6) is 1.23. The Kier molecular flexibility index (Phi) is 3.82. The normalized spacial score (nSPS) is 32.0. The minimum absolute atomic E-state index is 0.268. The number of carbonyl (C=O) groups is 1. The summed E-state index contributed by atoms with van der Waals surface area (Å²) in [7, 11) is 1.99. The van der Waals surface area contributed by atoms with Crippen LogP contribution in [0.25, 0.3) is 0 Å². The van der Waals surface area contributed by atoms with Gasteiger partial charge in [0.05, 0.1) is 0 Å². The lowest BCUT2D eigenvalue weighted by atomic mass is 9.97. The number of nitrogens with zero attached hydrogens (tertiary/aromatic N) is 1.